The average Bonchev–Trinajstić information content (AvgIpc) is 2.35. The molecule has 1 nitrogen and oxygen atoms in total. The Morgan fingerprint density at radius 2 is 1.88 bits per heavy atom. The van der Waals surface area contributed by atoms with Gasteiger partial charge in [0.05, 0.1) is 0 Å². The van der Waals surface area contributed by atoms with E-state index in [1.165, 1.54) is 22.3 Å². The quantitative estimate of drug-likeness (QED) is 0.648. The highest BCUT2D eigenvalue weighted by Gasteiger charge is 2.17. The lowest BCUT2D eigenvalue weighted by atomic mass is 9.82. The van der Waals surface area contributed by atoms with Crippen molar-refractivity contribution in [3.63, 3.8) is 0 Å². The normalized spacial score (nSPS) is 17.6. The summed E-state index contributed by atoms with van der Waals surface area (Å²) in [5, 5.41) is 0. The van der Waals surface area contributed by atoms with E-state index in [0.717, 1.165) is 24.7 Å². The molecule has 0 saturated carbocycles. The lowest BCUT2D eigenvalue weighted by Gasteiger charge is -2.22. The first-order valence-corrected chi connectivity index (χ1v) is 5.50. The van der Waals surface area contributed by atoms with Gasteiger partial charge < -0.3 is 0 Å². The van der Waals surface area contributed by atoms with Gasteiger partial charge in [0.1, 0.15) is 6.29 Å². The van der Waals surface area contributed by atoms with E-state index in [-0.39, 0.29) is 0 Å². The SMILES string of the molecule is O=CC1=CC=C2Cc3ccccc3C=C2C1. The van der Waals surface area contributed by atoms with Gasteiger partial charge in [0.15, 0.2) is 0 Å². The van der Waals surface area contributed by atoms with E-state index in [1.54, 1.807) is 0 Å². The number of benzene rings is 1. The lowest BCUT2D eigenvalue weighted by molar-refractivity contribution is -0.105. The molecule has 0 heterocycles. The van der Waals surface area contributed by atoms with E-state index in [9.17, 15) is 4.79 Å². The summed E-state index contributed by atoms with van der Waals surface area (Å²) in [6.07, 6.45) is 8.95. The molecule has 0 atom stereocenters. The predicted octanol–water partition coefficient (Wildman–Crippen LogP) is 3.08. The van der Waals surface area contributed by atoms with Crippen LogP contribution in [0.1, 0.15) is 17.5 Å². The standard InChI is InChI=1S/C15H12O/c16-10-11-5-6-14-8-12-3-1-2-4-13(12)9-15(14)7-11/h1-6,9-10H,7-8H2. The highest BCUT2D eigenvalue weighted by atomic mass is 16.1. The lowest BCUT2D eigenvalue weighted by Crippen LogP contribution is -2.07. The van der Waals surface area contributed by atoms with E-state index >= 15 is 0 Å². The Balaban J connectivity index is 2.07. The van der Waals surface area contributed by atoms with Gasteiger partial charge in [0.2, 0.25) is 0 Å². The van der Waals surface area contributed by atoms with Gasteiger partial charge in [-0.05, 0) is 34.3 Å². The summed E-state index contributed by atoms with van der Waals surface area (Å²) >= 11 is 0. The minimum absolute atomic E-state index is 0.781. The second kappa shape index (κ2) is 3.60. The summed E-state index contributed by atoms with van der Waals surface area (Å²) in [4.78, 5) is 10.8. The zero-order valence-electron chi connectivity index (χ0n) is 8.94. The van der Waals surface area contributed by atoms with Crippen LogP contribution in [0.3, 0.4) is 0 Å². The molecule has 0 aliphatic heterocycles. The molecule has 1 aromatic rings. The first-order chi connectivity index (χ1) is 7.86. The van der Waals surface area contributed by atoms with Crippen molar-refractivity contribution in [1.29, 1.82) is 0 Å². The number of rotatable bonds is 1. The third kappa shape index (κ3) is 1.45. The van der Waals surface area contributed by atoms with E-state index in [2.05, 4.69) is 36.4 Å². The molecular weight excluding hydrogens is 196 g/mol. The Hall–Kier alpha value is -1.89. The number of carbonyl (C=O) groups excluding carboxylic acids is 1. The minimum Gasteiger partial charge on any atom is -0.298 e. The molecule has 3 rings (SSSR count). The Labute approximate surface area is 94.8 Å². The number of hydrogen-bond donors (Lipinski definition) is 0. The maximum atomic E-state index is 10.8. The summed E-state index contributed by atoms with van der Waals surface area (Å²) in [6.45, 7) is 0. The molecule has 0 saturated heterocycles. The van der Waals surface area contributed by atoms with E-state index in [1.807, 2.05) is 6.08 Å². The van der Waals surface area contributed by atoms with Crippen molar-refractivity contribution in [3.05, 3.63) is 64.3 Å². The van der Waals surface area contributed by atoms with Gasteiger partial charge in [-0.25, -0.2) is 0 Å². The Morgan fingerprint density at radius 3 is 2.75 bits per heavy atom. The highest BCUT2D eigenvalue weighted by molar-refractivity contribution is 5.79. The molecule has 0 spiro atoms. The van der Waals surface area contributed by atoms with Crippen molar-refractivity contribution in [2.75, 3.05) is 0 Å². The fourth-order valence-electron chi connectivity index (χ4n) is 2.33. The van der Waals surface area contributed by atoms with Crippen LogP contribution in [0.25, 0.3) is 6.08 Å². The molecule has 2 aliphatic rings. The molecule has 0 N–H and O–H groups in total. The summed E-state index contributed by atoms with van der Waals surface area (Å²) in [5.74, 6) is 0. The van der Waals surface area contributed by atoms with Crippen LogP contribution < -0.4 is 0 Å². The molecule has 2 aliphatic carbocycles. The van der Waals surface area contributed by atoms with Crippen molar-refractivity contribution >= 4 is 12.4 Å². The van der Waals surface area contributed by atoms with Gasteiger partial charge in [-0.1, -0.05) is 42.5 Å². The fourth-order valence-corrected chi connectivity index (χ4v) is 2.33. The third-order valence-electron chi connectivity index (χ3n) is 3.22. The molecule has 1 heteroatoms. The molecular formula is C15H12O. The zero-order valence-corrected chi connectivity index (χ0v) is 8.94. The zero-order chi connectivity index (χ0) is 11.0. The second-order valence-corrected chi connectivity index (χ2v) is 4.27. The van der Waals surface area contributed by atoms with Crippen LogP contribution in [0.5, 0.6) is 0 Å². The van der Waals surface area contributed by atoms with Gasteiger partial charge in [-0.2, -0.15) is 0 Å². The van der Waals surface area contributed by atoms with Crippen LogP contribution in [-0.2, 0) is 11.2 Å². The smallest absolute Gasteiger partial charge is 0.146 e. The van der Waals surface area contributed by atoms with Crippen LogP contribution >= 0.6 is 0 Å². The van der Waals surface area contributed by atoms with Crippen LogP contribution in [0.2, 0.25) is 0 Å². The van der Waals surface area contributed by atoms with Crippen molar-refractivity contribution in [1.82, 2.24) is 0 Å². The highest BCUT2D eigenvalue weighted by Crippen LogP contribution is 2.33. The van der Waals surface area contributed by atoms with Crippen molar-refractivity contribution in [2.24, 2.45) is 0 Å². The topological polar surface area (TPSA) is 17.1 Å². The molecule has 1 aromatic carbocycles. The first kappa shape index (κ1) is 9.34. The number of fused-ring (bicyclic) bond motifs is 2. The van der Waals surface area contributed by atoms with Crippen molar-refractivity contribution < 1.29 is 4.79 Å². The summed E-state index contributed by atoms with van der Waals surface area (Å²) in [7, 11) is 0. The Kier molecular flexibility index (Phi) is 2.10. The van der Waals surface area contributed by atoms with Crippen LogP contribution in [-0.4, -0.2) is 6.29 Å². The molecule has 0 fully saturated rings. The van der Waals surface area contributed by atoms with E-state index < -0.39 is 0 Å². The average molecular weight is 208 g/mol. The van der Waals surface area contributed by atoms with E-state index in [4.69, 9.17) is 0 Å². The fraction of sp³-hybridized carbons (Fsp3) is 0.133. The maximum Gasteiger partial charge on any atom is 0.146 e. The minimum atomic E-state index is 0.781. The largest absolute Gasteiger partial charge is 0.298 e. The molecule has 0 amide bonds. The molecule has 0 unspecified atom stereocenters. The number of hydrogen-bond acceptors (Lipinski definition) is 1. The Morgan fingerprint density at radius 1 is 1.00 bits per heavy atom. The molecule has 0 bridgehead atoms. The molecule has 0 aromatic heterocycles. The molecule has 16 heavy (non-hydrogen) atoms. The number of carbonyl (C=O) groups is 1. The first-order valence-electron chi connectivity index (χ1n) is 5.50. The predicted molar refractivity (Wildman–Crippen MR) is 65.0 cm³/mol. The van der Waals surface area contributed by atoms with Gasteiger partial charge in [0, 0.05) is 6.42 Å². The summed E-state index contributed by atoms with van der Waals surface area (Å²) < 4.78 is 0. The van der Waals surface area contributed by atoms with Gasteiger partial charge in [-0.15, -0.1) is 0 Å². The van der Waals surface area contributed by atoms with Gasteiger partial charge >= 0.3 is 0 Å². The van der Waals surface area contributed by atoms with Crippen molar-refractivity contribution in [2.45, 2.75) is 12.8 Å². The van der Waals surface area contributed by atoms with Crippen LogP contribution in [0.4, 0.5) is 0 Å². The molecule has 78 valence electrons. The summed E-state index contributed by atoms with van der Waals surface area (Å²) in [5.41, 5.74) is 6.18. The number of allylic oxidation sites excluding steroid dienone is 5. The monoisotopic (exact) mass is 208 g/mol. The second-order valence-electron chi connectivity index (χ2n) is 4.27. The summed E-state index contributed by atoms with van der Waals surface area (Å²) in [6, 6.07) is 8.44. The third-order valence-corrected chi connectivity index (χ3v) is 3.22. The van der Waals surface area contributed by atoms with Crippen LogP contribution in [0, 0.1) is 0 Å². The van der Waals surface area contributed by atoms with Crippen LogP contribution in [0.15, 0.2) is 53.1 Å². The van der Waals surface area contributed by atoms with Gasteiger partial charge in [0.25, 0.3) is 0 Å². The Bertz CT molecular complexity index is 544. The maximum absolute atomic E-state index is 10.8. The van der Waals surface area contributed by atoms with Crippen molar-refractivity contribution in [3.8, 4) is 0 Å². The van der Waals surface area contributed by atoms with Gasteiger partial charge in [-0.3, -0.25) is 4.79 Å². The number of aldehydes is 1. The molecule has 0 radical (unpaired) electrons. The van der Waals surface area contributed by atoms with E-state index in [0.29, 0.717) is 0 Å².